The number of aryl methyl sites for hydroxylation is 1. The fourth-order valence-electron chi connectivity index (χ4n) is 0.871. The van der Waals surface area contributed by atoms with Gasteiger partial charge in [0.15, 0.2) is 0 Å². The lowest BCUT2D eigenvalue weighted by Gasteiger charge is -1.97. The zero-order chi connectivity index (χ0) is 8.27. The molecule has 0 spiro atoms. The van der Waals surface area contributed by atoms with Crippen molar-refractivity contribution in [3.05, 3.63) is 34.9 Å². The van der Waals surface area contributed by atoms with Crippen molar-refractivity contribution in [3.8, 4) is 0 Å². The number of hydrogen-bond acceptors (Lipinski definition) is 2. The molecule has 2 radical (unpaired) electrons. The van der Waals surface area contributed by atoms with Crippen molar-refractivity contribution in [2.75, 3.05) is 0 Å². The van der Waals surface area contributed by atoms with Crippen LogP contribution in [0, 0.1) is 17.7 Å². The summed E-state index contributed by atoms with van der Waals surface area (Å²) in [5.74, 6) is 0. The van der Waals surface area contributed by atoms with Gasteiger partial charge in [-0.3, -0.25) is 10.8 Å². The van der Waals surface area contributed by atoms with E-state index in [-0.39, 0.29) is 0 Å². The van der Waals surface area contributed by atoms with Gasteiger partial charge in [0.05, 0.1) is 12.4 Å². The van der Waals surface area contributed by atoms with Crippen LogP contribution in [0.15, 0.2) is 18.2 Å². The monoisotopic (exact) mass is 144 g/mol. The van der Waals surface area contributed by atoms with Crippen molar-refractivity contribution in [2.24, 2.45) is 0 Å². The van der Waals surface area contributed by atoms with E-state index in [1.54, 1.807) is 6.07 Å². The topological polar surface area (TPSA) is 47.7 Å². The molecule has 0 aliphatic carbocycles. The Bertz CT molecular complexity index is 290. The highest BCUT2D eigenvalue weighted by molar-refractivity contribution is 5.92. The summed E-state index contributed by atoms with van der Waals surface area (Å²) < 4.78 is 0. The Hall–Kier alpha value is -1.44. The predicted octanol–water partition coefficient (Wildman–Crippen LogP) is 1.74. The molecule has 0 aliphatic rings. The van der Waals surface area contributed by atoms with E-state index in [0.717, 1.165) is 5.56 Å². The molecule has 0 atom stereocenters. The van der Waals surface area contributed by atoms with Gasteiger partial charge in [-0.15, -0.1) is 0 Å². The Morgan fingerprint density at radius 1 is 1.09 bits per heavy atom. The molecule has 0 saturated heterocycles. The second-order valence-electron chi connectivity index (χ2n) is 2.30. The zero-order valence-corrected chi connectivity index (χ0v) is 6.23. The van der Waals surface area contributed by atoms with Crippen molar-refractivity contribution in [3.63, 3.8) is 0 Å². The van der Waals surface area contributed by atoms with Crippen LogP contribution in [0.1, 0.15) is 16.7 Å². The molecule has 11 heavy (non-hydrogen) atoms. The quantitative estimate of drug-likeness (QED) is 0.594. The van der Waals surface area contributed by atoms with E-state index in [0.29, 0.717) is 11.1 Å². The van der Waals surface area contributed by atoms with Crippen LogP contribution in [0.4, 0.5) is 0 Å². The summed E-state index contributed by atoms with van der Waals surface area (Å²) >= 11 is 0. The van der Waals surface area contributed by atoms with Crippen molar-refractivity contribution in [1.29, 1.82) is 10.8 Å². The van der Waals surface area contributed by atoms with E-state index in [1.165, 1.54) is 0 Å². The van der Waals surface area contributed by atoms with Gasteiger partial charge in [0, 0.05) is 11.1 Å². The number of rotatable bonds is 2. The summed E-state index contributed by atoms with van der Waals surface area (Å²) in [5.41, 5.74) is 2.31. The smallest absolute Gasteiger partial charge is 0.0874 e. The van der Waals surface area contributed by atoms with Crippen molar-refractivity contribution in [2.45, 2.75) is 6.92 Å². The Labute approximate surface area is 65.9 Å². The van der Waals surface area contributed by atoms with Crippen LogP contribution in [0.3, 0.4) is 0 Å². The van der Waals surface area contributed by atoms with Crippen molar-refractivity contribution in [1.82, 2.24) is 0 Å². The molecule has 0 bridgehead atoms. The fraction of sp³-hybridized carbons (Fsp3) is 0.111. The van der Waals surface area contributed by atoms with Gasteiger partial charge in [0.2, 0.25) is 0 Å². The minimum absolute atomic E-state index is 0.616. The van der Waals surface area contributed by atoms with E-state index < -0.39 is 0 Å². The summed E-state index contributed by atoms with van der Waals surface area (Å²) in [7, 11) is 0. The molecule has 1 aromatic rings. The summed E-state index contributed by atoms with van der Waals surface area (Å²) in [5, 5.41) is 13.8. The van der Waals surface area contributed by atoms with Gasteiger partial charge in [-0.2, -0.15) is 0 Å². The van der Waals surface area contributed by atoms with Gasteiger partial charge in [-0.05, 0) is 13.0 Å². The summed E-state index contributed by atoms with van der Waals surface area (Å²) in [4.78, 5) is 0. The van der Waals surface area contributed by atoms with Gasteiger partial charge >= 0.3 is 0 Å². The maximum atomic E-state index is 6.91. The molecule has 0 unspecified atom stereocenters. The maximum absolute atomic E-state index is 6.91. The lowest BCUT2D eigenvalue weighted by atomic mass is 10.1. The molecule has 0 aliphatic heterocycles. The highest BCUT2D eigenvalue weighted by Gasteiger charge is 1.96. The van der Waals surface area contributed by atoms with Crippen LogP contribution >= 0.6 is 0 Å². The van der Waals surface area contributed by atoms with Crippen LogP contribution in [-0.4, -0.2) is 12.4 Å². The summed E-state index contributed by atoms with van der Waals surface area (Å²) in [6, 6.07) is 5.46. The summed E-state index contributed by atoms with van der Waals surface area (Å²) in [6.45, 7) is 1.94. The van der Waals surface area contributed by atoms with Crippen molar-refractivity contribution >= 4 is 12.4 Å². The minimum atomic E-state index is 0.616. The predicted molar refractivity (Wildman–Crippen MR) is 44.8 cm³/mol. The first kappa shape index (κ1) is 7.66. The van der Waals surface area contributed by atoms with Crippen LogP contribution < -0.4 is 0 Å². The van der Waals surface area contributed by atoms with E-state index in [2.05, 4.69) is 12.4 Å². The lowest BCUT2D eigenvalue weighted by Crippen LogP contribution is -1.90. The molecule has 0 heterocycles. The molecule has 54 valence electrons. The van der Waals surface area contributed by atoms with Gasteiger partial charge in [-0.25, -0.2) is 0 Å². The third kappa shape index (κ3) is 1.52. The first-order valence-electron chi connectivity index (χ1n) is 3.24. The Morgan fingerprint density at radius 2 is 1.73 bits per heavy atom. The molecular weight excluding hydrogens is 136 g/mol. The molecule has 0 fully saturated rings. The van der Waals surface area contributed by atoms with Crippen LogP contribution in [0.25, 0.3) is 0 Å². The molecular formula is C9H8N2. The van der Waals surface area contributed by atoms with E-state index in [4.69, 9.17) is 10.8 Å². The first-order valence-corrected chi connectivity index (χ1v) is 3.24. The van der Waals surface area contributed by atoms with Crippen LogP contribution in [0.2, 0.25) is 0 Å². The second kappa shape index (κ2) is 3.10. The standard InChI is InChI=1S/C9H8N2/c1-7-2-3-8(5-10)9(4-7)6-11/h2-4,10-11H,1H3. The van der Waals surface area contributed by atoms with Crippen molar-refractivity contribution < 1.29 is 0 Å². The molecule has 2 N–H and O–H groups in total. The number of hydrogen-bond donors (Lipinski definition) is 2. The van der Waals surface area contributed by atoms with Gasteiger partial charge in [-0.1, -0.05) is 17.7 Å². The fourth-order valence-corrected chi connectivity index (χ4v) is 0.871. The number of benzene rings is 1. The highest BCUT2D eigenvalue weighted by atomic mass is 14.4. The van der Waals surface area contributed by atoms with Crippen LogP contribution in [0.5, 0.6) is 0 Å². The summed E-state index contributed by atoms with van der Waals surface area (Å²) in [6.07, 6.45) is 4.50. The van der Waals surface area contributed by atoms with Gasteiger partial charge in [0.25, 0.3) is 0 Å². The SMILES string of the molecule is Cc1ccc([C]=N)c([C]=N)c1. The third-order valence-corrected chi connectivity index (χ3v) is 1.44. The normalized spacial score (nSPS) is 9.18. The van der Waals surface area contributed by atoms with E-state index >= 15 is 0 Å². The highest BCUT2D eigenvalue weighted by Crippen LogP contribution is 2.06. The minimum Gasteiger partial charge on any atom is -0.298 e. The number of nitrogens with one attached hydrogen (secondary N) is 2. The van der Waals surface area contributed by atoms with Gasteiger partial charge in [0.1, 0.15) is 0 Å². The van der Waals surface area contributed by atoms with E-state index in [9.17, 15) is 0 Å². The second-order valence-corrected chi connectivity index (χ2v) is 2.30. The molecule has 0 amide bonds. The average Bonchev–Trinajstić information content (AvgIpc) is 2.04. The van der Waals surface area contributed by atoms with Gasteiger partial charge < -0.3 is 0 Å². The molecule has 1 rings (SSSR count). The first-order chi connectivity index (χ1) is 5.27. The average molecular weight is 144 g/mol. The molecule has 2 heteroatoms. The molecule has 1 aromatic carbocycles. The van der Waals surface area contributed by atoms with Crippen LogP contribution in [-0.2, 0) is 0 Å². The molecule has 2 nitrogen and oxygen atoms in total. The molecule has 0 saturated carbocycles. The largest absolute Gasteiger partial charge is 0.298 e. The Balaban J connectivity index is 3.26. The third-order valence-electron chi connectivity index (χ3n) is 1.44. The maximum Gasteiger partial charge on any atom is 0.0874 e. The lowest BCUT2D eigenvalue weighted by molar-refractivity contribution is 1.43. The Kier molecular flexibility index (Phi) is 2.16. The molecule has 0 aromatic heterocycles. The van der Waals surface area contributed by atoms with E-state index in [1.807, 2.05) is 19.1 Å². The zero-order valence-electron chi connectivity index (χ0n) is 6.23. The Morgan fingerprint density at radius 3 is 2.27 bits per heavy atom.